The number of methoxy groups -OCH3 is 1. The molecule has 2 heterocycles. The van der Waals surface area contributed by atoms with Crippen molar-refractivity contribution in [2.75, 3.05) is 7.11 Å². The molecule has 0 aliphatic carbocycles. The van der Waals surface area contributed by atoms with Crippen LogP contribution in [-0.2, 0) is 12.3 Å². The molecule has 0 saturated heterocycles. The van der Waals surface area contributed by atoms with Crippen LogP contribution in [0.1, 0.15) is 20.8 Å². The molecule has 0 atom stereocenters. The lowest BCUT2D eigenvalue weighted by Crippen LogP contribution is -2.21. The number of amides is 1. The first-order valence-corrected chi connectivity index (χ1v) is 10.3. The Balaban J connectivity index is 1.52. The lowest BCUT2D eigenvalue weighted by atomic mass is 10.1. The Morgan fingerprint density at radius 1 is 1.23 bits per heavy atom. The SMILES string of the molecule is COc1cccc(CNC(=O)c2cc3c(s2)-c2ccc(Cl)cc2SC3)c1. The van der Waals surface area contributed by atoms with Crippen molar-refractivity contribution >= 4 is 40.6 Å². The number of benzene rings is 2. The van der Waals surface area contributed by atoms with Crippen LogP contribution in [0, 0.1) is 0 Å². The van der Waals surface area contributed by atoms with Crippen LogP contribution in [0.15, 0.2) is 53.4 Å². The molecular formula is C20H16ClNO2S2. The number of thioether (sulfide) groups is 1. The number of hydrogen-bond donors (Lipinski definition) is 1. The van der Waals surface area contributed by atoms with Crippen molar-refractivity contribution in [3.63, 3.8) is 0 Å². The largest absolute Gasteiger partial charge is 0.497 e. The highest BCUT2D eigenvalue weighted by molar-refractivity contribution is 7.98. The van der Waals surface area contributed by atoms with Gasteiger partial charge in [-0.1, -0.05) is 29.8 Å². The minimum Gasteiger partial charge on any atom is -0.497 e. The maximum absolute atomic E-state index is 12.6. The summed E-state index contributed by atoms with van der Waals surface area (Å²) in [6, 6.07) is 15.6. The van der Waals surface area contributed by atoms with Gasteiger partial charge in [0.1, 0.15) is 5.75 Å². The average molecular weight is 402 g/mol. The van der Waals surface area contributed by atoms with Crippen LogP contribution in [0.3, 0.4) is 0 Å². The third-order valence-electron chi connectivity index (χ3n) is 4.19. The number of hydrogen-bond acceptors (Lipinski definition) is 4. The Bertz CT molecular complexity index is 984. The summed E-state index contributed by atoms with van der Waals surface area (Å²) in [7, 11) is 1.64. The van der Waals surface area contributed by atoms with Gasteiger partial charge in [-0.3, -0.25) is 4.79 Å². The number of carbonyl (C=O) groups excluding carboxylic acids is 1. The molecule has 3 nitrogen and oxygen atoms in total. The maximum Gasteiger partial charge on any atom is 0.261 e. The molecule has 0 fully saturated rings. The number of ether oxygens (including phenoxy) is 1. The topological polar surface area (TPSA) is 38.3 Å². The van der Waals surface area contributed by atoms with E-state index in [0.29, 0.717) is 6.54 Å². The normalized spacial score (nSPS) is 12.2. The third kappa shape index (κ3) is 3.47. The Kier molecular flexibility index (Phi) is 4.94. The fourth-order valence-electron chi connectivity index (χ4n) is 2.89. The van der Waals surface area contributed by atoms with Crippen LogP contribution in [0.25, 0.3) is 10.4 Å². The number of rotatable bonds is 4. The summed E-state index contributed by atoms with van der Waals surface area (Å²) in [5, 5.41) is 3.74. The minimum absolute atomic E-state index is 0.0484. The molecule has 0 spiro atoms. The van der Waals surface area contributed by atoms with Crippen molar-refractivity contribution < 1.29 is 9.53 Å². The first-order chi connectivity index (χ1) is 12.6. The molecule has 3 aromatic rings. The second kappa shape index (κ2) is 7.35. The van der Waals surface area contributed by atoms with Crippen LogP contribution in [0.4, 0.5) is 0 Å². The molecule has 26 heavy (non-hydrogen) atoms. The van der Waals surface area contributed by atoms with E-state index >= 15 is 0 Å². The zero-order valence-electron chi connectivity index (χ0n) is 14.0. The van der Waals surface area contributed by atoms with Crippen molar-refractivity contribution in [3.05, 3.63) is 69.6 Å². The Hall–Kier alpha value is -1.95. The van der Waals surface area contributed by atoms with E-state index < -0.39 is 0 Å². The van der Waals surface area contributed by atoms with Gasteiger partial charge in [0, 0.05) is 32.7 Å². The van der Waals surface area contributed by atoms with Crippen molar-refractivity contribution in [1.82, 2.24) is 5.32 Å². The second-order valence-electron chi connectivity index (χ2n) is 5.93. The van der Waals surface area contributed by atoms with Crippen molar-refractivity contribution in [1.29, 1.82) is 0 Å². The van der Waals surface area contributed by atoms with Crippen LogP contribution in [0.2, 0.25) is 5.02 Å². The van der Waals surface area contributed by atoms with E-state index in [2.05, 4.69) is 5.32 Å². The Morgan fingerprint density at radius 2 is 2.12 bits per heavy atom. The zero-order valence-corrected chi connectivity index (χ0v) is 16.4. The third-order valence-corrected chi connectivity index (χ3v) is 6.74. The molecule has 1 aliphatic rings. The molecule has 6 heteroatoms. The van der Waals surface area contributed by atoms with E-state index in [-0.39, 0.29) is 5.91 Å². The van der Waals surface area contributed by atoms with Gasteiger partial charge in [0.15, 0.2) is 0 Å². The van der Waals surface area contributed by atoms with Crippen LogP contribution in [-0.4, -0.2) is 13.0 Å². The predicted octanol–water partition coefficient (Wildman–Crippen LogP) is 5.61. The van der Waals surface area contributed by atoms with E-state index in [1.807, 2.05) is 48.5 Å². The van der Waals surface area contributed by atoms with Gasteiger partial charge >= 0.3 is 0 Å². The van der Waals surface area contributed by atoms with Gasteiger partial charge < -0.3 is 10.1 Å². The summed E-state index contributed by atoms with van der Waals surface area (Å²) >= 11 is 9.40. The highest BCUT2D eigenvalue weighted by atomic mass is 35.5. The molecule has 1 aromatic heterocycles. The molecule has 0 bridgehead atoms. The standard InChI is InChI=1S/C20H16ClNO2S2/c1-24-15-4-2-3-12(7-15)10-22-20(23)18-8-13-11-25-17-9-14(21)5-6-16(17)19(13)26-18/h2-9H,10-11H2,1H3,(H,22,23). The smallest absolute Gasteiger partial charge is 0.261 e. The summed E-state index contributed by atoms with van der Waals surface area (Å²) < 4.78 is 5.22. The zero-order chi connectivity index (χ0) is 18.1. The molecule has 4 rings (SSSR count). The monoisotopic (exact) mass is 401 g/mol. The Labute approximate surface area is 165 Å². The average Bonchev–Trinajstić information content (AvgIpc) is 3.10. The highest BCUT2D eigenvalue weighted by Gasteiger charge is 2.22. The molecule has 2 aromatic carbocycles. The molecular weight excluding hydrogens is 386 g/mol. The molecule has 1 amide bonds. The Morgan fingerprint density at radius 3 is 2.96 bits per heavy atom. The fourth-order valence-corrected chi connectivity index (χ4v) is 5.49. The van der Waals surface area contributed by atoms with Gasteiger partial charge in [0.05, 0.1) is 12.0 Å². The van der Waals surface area contributed by atoms with Crippen LogP contribution < -0.4 is 10.1 Å². The van der Waals surface area contributed by atoms with Gasteiger partial charge in [0.2, 0.25) is 0 Å². The van der Waals surface area contributed by atoms with Crippen molar-refractivity contribution in [2.45, 2.75) is 17.2 Å². The molecule has 1 aliphatic heterocycles. The molecule has 0 saturated carbocycles. The van der Waals surface area contributed by atoms with E-state index in [1.54, 1.807) is 30.2 Å². The number of nitrogens with one attached hydrogen (secondary N) is 1. The van der Waals surface area contributed by atoms with Gasteiger partial charge in [-0.2, -0.15) is 0 Å². The number of halogens is 1. The molecule has 0 unspecified atom stereocenters. The van der Waals surface area contributed by atoms with E-state index in [0.717, 1.165) is 32.5 Å². The van der Waals surface area contributed by atoms with E-state index in [1.165, 1.54) is 15.3 Å². The van der Waals surface area contributed by atoms with Crippen molar-refractivity contribution in [2.24, 2.45) is 0 Å². The molecule has 132 valence electrons. The molecule has 1 N–H and O–H groups in total. The van der Waals surface area contributed by atoms with Gasteiger partial charge in [-0.25, -0.2) is 0 Å². The van der Waals surface area contributed by atoms with Crippen LogP contribution >= 0.6 is 34.7 Å². The lowest BCUT2D eigenvalue weighted by Gasteiger charge is -2.15. The van der Waals surface area contributed by atoms with Gasteiger partial charge in [-0.05, 0) is 41.5 Å². The highest BCUT2D eigenvalue weighted by Crippen LogP contribution is 2.46. The summed E-state index contributed by atoms with van der Waals surface area (Å²) in [5.74, 6) is 1.60. The van der Waals surface area contributed by atoms with Gasteiger partial charge in [0.25, 0.3) is 5.91 Å². The second-order valence-corrected chi connectivity index (χ2v) is 8.43. The summed E-state index contributed by atoms with van der Waals surface area (Å²) in [6.45, 7) is 0.472. The van der Waals surface area contributed by atoms with E-state index in [4.69, 9.17) is 16.3 Å². The first kappa shape index (κ1) is 17.5. The summed E-state index contributed by atoms with van der Waals surface area (Å²) in [4.78, 5) is 15.7. The van der Waals surface area contributed by atoms with Gasteiger partial charge in [-0.15, -0.1) is 23.1 Å². The first-order valence-electron chi connectivity index (χ1n) is 8.10. The lowest BCUT2D eigenvalue weighted by molar-refractivity contribution is 0.0955. The minimum atomic E-state index is -0.0484. The van der Waals surface area contributed by atoms with E-state index in [9.17, 15) is 4.79 Å². The quantitative estimate of drug-likeness (QED) is 0.617. The number of fused-ring (bicyclic) bond motifs is 3. The number of thiophene rings is 1. The fraction of sp³-hybridized carbons (Fsp3) is 0.150. The van der Waals surface area contributed by atoms with Crippen molar-refractivity contribution in [3.8, 4) is 16.2 Å². The number of carbonyl (C=O) groups is 1. The summed E-state index contributed by atoms with van der Waals surface area (Å²) in [5.41, 5.74) is 3.38. The predicted molar refractivity (Wildman–Crippen MR) is 108 cm³/mol. The maximum atomic E-state index is 12.6. The molecule has 0 radical (unpaired) electrons. The summed E-state index contributed by atoms with van der Waals surface area (Å²) in [6.07, 6.45) is 0. The van der Waals surface area contributed by atoms with Crippen LogP contribution in [0.5, 0.6) is 5.75 Å².